The van der Waals surface area contributed by atoms with Crippen molar-refractivity contribution in [2.45, 2.75) is 13.3 Å². The van der Waals surface area contributed by atoms with Gasteiger partial charge in [0, 0.05) is 10.9 Å². The summed E-state index contributed by atoms with van der Waals surface area (Å²) in [6.45, 7) is 2.00. The molecule has 6 heteroatoms. The van der Waals surface area contributed by atoms with E-state index in [0.29, 0.717) is 21.6 Å². The maximum Gasteiger partial charge on any atom is 0.266 e. The first-order chi connectivity index (χ1) is 9.13. The van der Waals surface area contributed by atoms with Crippen molar-refractivity contribution in [3.63, 3.8) is 0 Å². The summed E-state index contributed by atoms with van der Waals surface area (Å²) in [4.78, 5) is 17.8. The van der Waals surface area contributed by atoms with Crippen LogP contribution in [0.4, 0.5) is 5.82 Å². The number of carbonyl (C=O) groups is 1. The van der Waals surface area contributed by atoms with E-state index in [2.05, 4.69) is 10.3 Å². The fourth-order valence-corrected chi connectivity index (χ4v) is 2.85. The molecule has 0 saturated heterocycles. The zero-order valence-electron chi connectivity index (χ0n) is 10.6. The first-order valence-electron chi connectivity index (χ1n) is 5.74. The number of hydrogen-bond donors (Lipinski definition) is 1. The van der Waals surface area contributed by atoms with Crippen LogP contribution in [-0.2, 0) is 6.42 Å². The van der Waals surface area contributed by atoms with Crippen LogP contribution in [0.3, 0.4) is 0 Å². The maximum atomic E-state index is 12.1. The van der Waals surface area contributed by atoms with Gasteiger partial charge in [0.2, 0.25) is 5.88 Å². The largest absolute Gasteiger partial charge is 0.481 e. The number of halogens is 1. The van der Waals surface area contributed by atoms with Gasteiger partial charge in [-0.3, -0.25) is 4.79 Å². The summed E-state index contributed by atoms with van der Waals surface area (Å²) in [5.74, 6) is 0.690. The molecule has 4 nitrogen and oxygen atoms in total. The lowest BCUT2D eigenvalue weighted by molar-refractivity contribution is 0.103. The second kappa shape index (κ2) is 6.04. The predicted octanol–water partition coefficient (Wildman–Crippen LogP) is 3.62. The van der Waals surface area contributed by atoms with Crippen molar-refractivity contribution >= 4 is 34.7 Å². The highest BCUT2D eigenvalue weighted by Crippen LogP contribution is 2.28. The molecule has 0 aromatic carbocycles. The van der Waals surface area contributed by atoms with Crippen molar-refractivity contribution < 1.29 is 9.53 Å². The van der Waals surface area contributed by atoms with E-state index in [1.165, 1.54) is 18.4 Å². The molecule has 0 aliphatic heterocycles. The topological polar surface area (TPSA) is 51.2 Å². The molecule has 100 valence electrons. The summed E-state index contributed by atoms with van der Waals surface area (Å²) >= 11 is 7.43. The van der Waals surface area contributed by atoms with Gasteiger partial charge in [-0.05, 0) is 18.6 Å². The van der Waals surface area contributed by atoms with E-state index >= 15 is 0 Å². The standard InChI is InChI=1S/C13H13ClN2O2S/c1-3-9-8(14)7-10(19-9)13(17)16-11-5-4-6-12(15-11)18-2/h4-7H,3H2,1-2H3,(H,15,16,17). The second-order valence-electron chi connectivity index (χ2n) is 3.75. The summed E-state index contributed by atoms with van der Waals surface area (Å²) in [5, 5.41) is 3.35. The number of ether oxygens (including phenoxy) is 1. The van der Waals surface area contributed by atoms with Gasteiger partial charge in [-0.25, -0.2) is 0 Å². The van der Waals surface area contributed by atoms with Gasteiger partial charge in [-0.15, -0.1) is 11.3 Å². The molecule has 0 aliphatic carbocycles. The first-order valence-corrected chi connectivity index (χ1v) is 6.94. The van der Waals surface area contributed by atoms with Gasteiger partial charge in [-0.1, -0.05) is 24.6 Å². The average molecular weight is 297 g/mol. The molecule has 1 amide bonds. The minimum Gasteiger partial charge on any atom is -0.481 e. The molecule has 0 aliphatic rings. The number of nitrogens with one attached hydrogen (secondary N) is 1. The van der Waals surface area contributed by atoms with Gasteiger partial charge in [0.15, 0.2) is 0 Å². The van der Waals surface area contributed by atoms with Crippen LogP contribution in [0.2, 0.25) is 5.02 Å². The number of methoxy groups -OCH3 is 1. The molecular formula is C13H13ClN2O2S. The van der Waals surface area contributed by atoms with E-state index in [9.17, 15) is 4.79 Å². The Morgan fingerprint density at radius 2 is 2.32 bits per heavy atom. The summed E-state index contributed by atoms with van der Waals surface area (Å²) in [5.41, 5.74) is 0. The van der Waals surface area contributed by atoms with Crippen LogP contribution in [0, 0.1) is 0 Å². The Morgan fingerprint density at radius 3 is 2.95 bits per heavy atom. The number of aromatic nitrogens is 1. The van der Waals surface area contributed by atoms with Crippen LogP contribution < -0.4 is 10.1 Å². The molecule has 0 atom stereocenters. The van der Waals surface area contributed by atoms with Crippen LogP contribution in [0.25, 0.3) is 0 Å². The Hall–Kier alpha value is -1.59. The lowest BCUT2D eigenvalue weighted by atomic mass is 10.3. The fourth-order valence-electron chi connectivity index (χ4n) is 1.54. The van der Waals surface area contributed by atoms with Gasteiger partial charge < -0.3 is 10.1 Å². The van der Waals surface area contributed by atoms with Crippen molar-refractivity contribution in [2.24, 2.45) is 0 Å². The molecule has 19 heavy (non-hydrogen) atoms. The zero-order chi connectivity index (χ0) is 13.8. The monoisotopic (exact) mass is 296 g/mol. The van der Waals surface area contributed by atoms with Gasteiger partial charge in [0.25, 0.3) is 5.91 Å². The van der Waals surface area contributed by atoms with Crippen molar-refractivity contribution in [3.8, 4) is 5.88 Å². The summed E-state index contributed by atoms with van der Waals surface area (Å²) in [6, 6.07) is 6.87. The highest BCUT2D eigenvalue weighted by atomic mass is 35.5. The SMILES string of the molecule is CCc1sc(C(=O)Nc2cccc(OC)n2)cc1Cl. The van der Waals surface area contributed by atoms with Crippen LogP contribution >= 0.6 is 22.9 Å². The van der Waals surface area contributed by atoms with Crippen molar-refractivity contribution in [3.05, 3.63) is 39.0 Å². The van der Waals surface area contributed by atoms with E-state index < -0.39 is 0 Å². The smallest absolute Gasteiger partial charge is 0.266 e. The van der Waals surface area contributed by atoms with Crippen molar-refractivity contribution in [1.29, 1.82) is 0 Å². The number of thiophene rings is 1. The predicted molar refractivity (Wildman–Crippen MR) is 77.4 cm³/mol. The first kappa shape index (κ1) is 13.8. The molecule has 2 heterocycles. The summed E-state index contributed by atoms with van der Waals surface area (Å²) < 4.78 is 5.00. The molecule has 0 spiro atoms. The average Bonchev–Trinajstić information content (AvgIpc) is 2.80. The van der Waals surface area contributed by atoms with E-state index in [1.807, 2.05) is 6.92 Å². The molecule has 2 rings (SSSR count). The molecule has 0 saturated carbocycles. The van der Waals surface area contributed by atoms with Crippen molar-refractivity contribution in [1.82, 2.24) is 4.98 Å². The van der Waals surface area contributed by atoms with Gasteiger partial charge >= 0.3 is 0 Å². The lowest BCUT2D eigenvalue weighted by Crippen LogP contribution is -2.11. The number of aryl methyl sites for hydroxylation is 1. The second-order valence-corrected chi connectivity index (χ2v) is 5.30. The molecule has 1 N–H and O–H groups in total. The summed E-state index contributed by atoms with van der Waals surface area (Å²) in [7, 11) is 1.53. The quantitative estimate of drug-likeness (QED) is 0.937. The Balaban J connectivity index is 2.15. The number of nitrogens with zero attached hydrogens (tertiary/aromatic N) is 1. The number of carbonyl (C=O) groups excluding carboxylic acids is 1. The Bertz CT molecular complexity index is 598. The molecule has 0 fully saturated rings. The summed E-state index contributed by atoms with van der Waals surface area (Å²) in [6.07, 6.45) is 0.814. The van der Waals surface area contributed by atoms with E-state index in [4.69, 9.17) is 16.3 Å². The molecule has 0 radical (unpaired) electrons. The van der Waals surface area contributed by atoms with E-state index in [1.54, 1.807) is 24.3 Å². The lowest BCUT2D eigenvalue weighted by Gasteiger charge is -2.04. The van der Waals surface area contributed by atoms with Gasteiger partial charge in [0.05, 0.1) is 17.0 Å². The number of rotatable bonds is 4. The molecule has 0 bridgehead atoms. The van der Waals surface area contributed by atoms with Gasteiger partial charge in [-0.2, -0.15) is 4.98 Å². The minimum atomic E-state index is -0.215. The van der Waals surface area contributed by atoms with Crippen LogP contribution in [0.15, 0.2) is 24.3 Å². The fraction of sp³-hybridized carbons (Fsp3) is 0.231. The highest BCUT2D eigenvalue weighted by molar-refractivity contribution is 7.14. The zero-order valence-corrected chi connectivity index (χ0v) is 12.1. The third kappa shape index (κ3) is 3.24. The van der Waals surface area contributed by atoms with Crippen molar-refractivity contribution in [2.75, 3.05) is 12.4 Å². The van der Waals surface area contributed by atoms with E-state index in [0.717, 1.165) is 11.3 Å². The Morgan fingerprint density at radius 1 is 1.53 bits per heavy atom. The molecular weight excluding hydrogens is 284 g/mol. The van der Waals surface area contributed by atoms with Crippen LogP contribution in [0.1, 0.15) is 21.5 Å². The number of amides is 1. The normalized spacial score (nSPS) is 10.3. The molecule has 0 unspecified atom stereocenters. The number of hydrogen-bond acceptors (Lipinski definition) is 4. The number of pyridine rings is 1. The van der Waals surface area contributed by atoms with Crippen LogP contribution in [-0.4, -0.2) is 18.0 Å². The Kier molecular flexibility index (Phi) is 4.39. The Labute approximate surface area is 120 Å². The maximum absolute atomic E-state index is 12.1. The minimum absolute atomic E-state index is 0.215. The van der Waals surface area contributed by atoms with Gasteiger partial charge in [0.1, 0.15) is 5.82 Å². The third-order valence-corrected chi connectivity index (χ3v) is 4.20. The van der Waals surface area contributed by atoms with E-state index in [-0.39, 0.29) is 5.91 Å². The molecule has 2 aromatic rings. The number of anilines is 1. The van der Waals surface area contributed by atoms with Crippen LogP contribution in [0.5, 0.6) is 5.88 Å². The third-order valence-electron chi connectivity index (χ3n) is 2.48. The molecule has 2 aromatic heterocycles. The highest BCUT2D eigenvalue weighted by Gasteiger charge is 2.13.